The summed E-state index contributed by atoms with van der Waals surface area (Å²) in [4.78, 5) is 4.32. The number of ether oxygens (including phenoxy) is 2. The third-order valence-electron chi connectivity index (χ3n) is 5.07. The average Bonchev–Trinajstić information content (AvgIpc) is 2.87. The summed E-state index contributed by atoms with van der Waals surface area (Å²) in [7, 11) is 2.77. The standard InChI is InChI=1S/C18H19N5O2/c1-12-9-16(10-19)17(11-20,15(21)23-18(16,24-2)25-3)14(22-12)13-7-5-4-6-8-13/h4-9,14,22H,1-3H3,(H2,21,23)/t14-,16+,17-/m0/s1. The van der Waals surface area contributed by atoms with Crippen LogP contribution in [0.25, 0.3) is 0 Å². The van der Waals surface area contributed by atoms with Crippen molar-refractivity contribution >= 4 is 5.84 Å². The summed E-state index contributed by atoms with van der Waals surface area (Å²) >= 11 is 0. The number of benzene rings is 1. The van der Waals surface area contributed by atoms with Crippen molar-refractivity contribution in [3.63, 3.8) is 0 Å². The van der Waals surface area contributed by atoms with Crippen molar-refractivity contribution in [2.24, 2.45) is 21.6 Å². The van der Waals surface area contributed by atoms with Crippen LogP contribution in [0.5, 0.6) is 0 Å². The van der Waals surface area contributed by atoms with Crippen LogP contribution in [0.2, 0.25) is 0 Å². The summed E-state index contributed by atoms with van der Waals surface area (Å²) < 4.78 is 11.0. The van der Waals surface area contributed by atoms with E-state index in [4.69, 9.17) is 15.2 Å². The molecule has 1 aromatic carbocycles. The number of rotatable bonds is 3. The van der Waals surface area contributed by atoms with E-state index >= 15 is 0 Å². The maximum Gasteiger partial charge on any atom is 0.296 e. The predicted octanol–water partition coefficient (Wildman–Crippen LogP) is 1.57. The second-order valence-electron chi connectivity index (χ2n) is 6.14. The molecule has 0 bridgehead atoms. The van der Waals surface area contributed by atoms with E-state index in [1.54, 1.807) is 6.08 Å². The number of allylic oxidation sites excluding steroid dienone is 1. The second-order valence-corrected chi connectivity index (χ2v) is 6.14. The van der Waals surface area contributed by atoms with Crippen molar-refractivity contribution in [2.45, 2.75) is 18.9 Å². The Bertz CT molecular complexity index is 831. The summed E-state index contributed by atoms with van der Waals surface area (Å²) in [6.45, 7) is 1.82. The van der Waals surface area contributed by atoms with Gasteiger partial charge >= 0.3 is 0 Å². The Balaban J connectivity index is 2.38. The van der Waals surface area contributed by atoms with Gasteiger partial charge in [-0.25, -0.2) is 4.99 Å². The number of fused-ring (bicyclic) bond motifs is 1. The summed E-state index contributed by atoms with van der Waals surface area (Å²) in [6.07, 6.45) is 1.63. The molecule has 3 rings (SSSR count). The zero-order valence-electron chi connectivity index (χ0n) is 14.3. The van der Waals surface area contributed by atoms with Crippen LogP contribution in [-0.4, -0.2) is 26.0 Å². The Morgan fingerprint density at radius 2 is 1.80 bits per heavy atom. The average molecular weight is 337 g/mol. The Labute approximate surface area is 146 Å². The molecule has 2 aliphatic heterocycles. The molecule has 0 spiro atoms. The zero-order chi connectivity index (χ0) is 18.3. The number of hydrogen-bond donors (Lipinski definition) is 2. The first-order valence-electron chi connectivity index (χ1n) is 7.76. The molecule has 2 aliphatic rings. The fourth-order valence-electron chi connectivity index (χ4n) is 3.95. The van der Waals surface area contributed by atoms with Gasteiger partial charge in [0.1, 0.15) is 5.84 Å². The van der Waals surface area contributed by atoms with Gasteiger partial charge in [-0.1, -0.05) is 30.3 Å². The quantitative estimate of drug-likeness (QED) is 0.809. The number of methoxy groups -OCH3 is 2. The molecule has 0 saturated carbocycles. The highest BCUT2D eigenvalue weighted by Crippen LogP contribution is 2.62. The lowest BCUT2D eigenvalue weighted by molar-refractivity contribution is -0.250. The van der Waals surface area contributed by atoms with E-state index in [1.807, 2.05) is 37.3 Å². The molecule has 7 nitrogen and oxygen atoms in total. The largest absolute Gasteiger partial charge is 0.386 e. The smallest absolute Gasteiger partial charge is 0.296 e. The van der Waals surface area contributed by atoms with E-state index in [2.05, 4.69) is 22.4 Å². The first-order chi connectivity index (χ1) is 12.0. The van der Waals surface area contributed by atoms with Crippen molar-refractivity contribution in [3.8, 4) is 12.1 Å². The van der Waals surface area contributed by atoms with Gasteiger partial charge in [0.25, 0.3) is 5.91 Å². The molecular weight excluding hydrogens is 318 g/mol. The molecule has 0 fully saturated rings. The van der Waals surface area contributed by atoms with Crippen molar-refractivity contribution in [1.29, 1.82) is 10.5 Å². The lowest BCUT2D eigenvalue weighted by Gasteiger charge is -2.48. The monoisotopic (exact) mass is 337 g/mol. The SMILES string of the molecule is COC1(OC)N=C(N)[C@]2(C#N)[C@H](c3ccccc3)NC(C)=C[C@]12C#N. The Hall–Kier alpha value is -2.87. The molecule has 3 atom stereocenters. The molecule has 1 aromatic rings. The summed E-state index contributed by atoms with van der Waals surface area (Å²) in [5.41, 5.74) is 4.74. The van der Waals surface area contributed by atoms with E-state index in [1.165, 1.54) is 14.2 Å². The number of amidine groups is 1. The number of nitrogens with two attached hydrogens (primary N) is 1. The Morgan fingerprint density at radius 3 is 2.32 bits per heavy atom. The molecule has 0 saturated heterocycles. The summed E-state index contributed by atoms with van der Waals surface area (Å²) in [5.74, 6) is -1.69. The van der Waals surface area contributed by atoms with Crippen LogP contribution >= 0.6 is 0 Å². The number of nitriles is 2. The van der Waals surface area contributed by atoms with Crippen LogP contribution in [-0.2, 0) is 9.47 Å². The van der Waals surface area contributed by atoms with Crippen LogP contribution in [0.3, 0.4) is 0 Å². The molecule has 128 valence electrons. The van der Waals surface area contributed by atoms with Crippen molar-refractivity contribution in [3.05, 3.63) is 47.7 Å². The van der Waals surface area contributed by atoms with E-state index in [0.717, 1.165) is 5.56 Å². The molecule has 0 amide bonds. The normalized spacial score (nSPS) is 32.4. The van der Waals surface area contributed by atoms with Crippen molar-refractivity contribution in [2.75, 3.05) is 14.2 Å². The van der Waals surface area contributed by atoms with Crippen LogP contribution < -0.4 is 11.1 Å². The van der Waals surface area contributed by atoms with Gasteiger partial charge in [-0.2, -0.15) is 10.5 Å². The van der Waals surface area contributed by atoms with Crippen molar-refractivity contribution in [1.82, 2.24) is 5.32 Å². The van der Waals surface area contributed by atoms with Gasteiger partial charge in [0.05, 0.1) is 18.2 Å². The number of nitrogens with zero attached hydrogens (tertiary/aromatic N) is 3. The van der Waals surface area contributed by atoms with Crippen LogP contribution in [0, 0.1) is 33.5 Å². The fraction of sp³-hybridized carbons (Fsp3) is 0.389. The van der Waals surface area contributed by atoms with E-state index < -0.39 is 22.8 Å². The van der Waals surface area contributed by atoms with E-state index in [-0.39, 0.29) is 5.84 Å². The maximum absolute atomic E-state index is 10.2. The number of aliphatic imine (C=N–C) groups is 1. The zero-order valence-corrected chi connectivity index (χ0v) is 14.3. The first-order valence-corrected chi connectivity index (χ1v) is 7.76. The van der Waals surface area contributed by atoms with Gasteiger partial charge in [0.2, 0.25) is 0 Å². The van der Waals surface area contributed by atoms with E-state index in [0.29, 0.717) is 5.70 Å². The third kappa shape index (κ3) is 1.82. The lowest BCUT2D eigenvalue weighted by Crippen LogP contribution is -2.61. The van der Waals surface area contributed by atoms with Crippen molar-refractivity contribution < 1.29 is 9.47 Å². The van der Waals surface area contributed by atoms with Gasteiger partial charge < -0.3 is 20.5 Å². The molecule has 7 heteroatoms. The molecule has 0 aromatic heterocycles. The third-order valence-corrected chi connectivity index (χ3v) is 5.07. The van der Waals surface area contributed by atoms with Gasteiger partial charge in [0.15, 0.2) is 10.8 Å². The minimum absolute atomic E-state index is 0.00496. The number of nitrogens with one attached hydrogen (secondary N) is 1. The predicted molar refractivity (Wildman–Crippen MR) is 90.5 cm³/mol. The summed E-state index contributed by atoms with van der Waals surface area (Å²) in [6, 6.07) is 13.3. The van der Waals surface area contributed by atoms with Crippen LogP contribution in [0.15, 0.2) is 47.1 Å². The highest BCUT2D eigenvalue weighted by Gasteiger charge is 2.76. The molecule has 0 radical (unpaired) electrons. The van der Waals surface area contributed by atoms with Crippen LogP contribution in [0.4, 0.5) is 0 Å². The Kier molecular flexibility index (Phi) is 3.80. The van der Waals surface area contributed by atoms with Gasteiger partial charge in [-0.3, -0.25) is 0 Å². The van der Waals surface area contributed by atoms with Gasteiger partial charge in [-0.15, -0.1) is 0 Å². The minimum Gasteiger partial charge on any atom is -0.386 e. The Morgan fingerprint density at radius 1 is 1.16 bits per heavy atom. The highest BCUT2D eigenvalue weighted by molar-refractivity contribution is 5.95. The first kappa shape index (κ1) is 17.0. The van der Waals surface area contributed by atoms with Crippen LogP contribution in [0.1, 0.15) is 18.5 Å². The molecule has 3 N–H and O–H groups in total. The fourth-order valence-corrected chi connectivity index (χ4v) is 3.95. The lowest BCUT2D eigenvalue weighted by atomic mass is 9.57. The maximum atomic E-state index is 10.2. The minimum atomic E-state index is -1.70. The molecule has 0 aliphatic carbocycles. The highest BCUT2D eigenvalue weighted by atomic mass is 16.7. The van der Waals surface area contributed by atoms with E-state index in [9.17, 15) is 10.5 Å². The van der Waals surface area contributed by atoms with Gasteiger partial charge in [-0.05, 0) is 18.6 Å². The topological polar surface area (TPSA) is 116 Å². The molecule has 25 heavy (non-hydrogen) atoms. The van der Waals surface area contributed by atoms with Gasteiger partial charge in [0, 0.05) is 19.9 Å². The molecular formula is C18H19N5O2. The summed E-state index contributed by atoms with van der Waals surface area (Å²) in [5, 5.41) is 23.7. The number of hydrogen-bond acceptors (Lipinski definition) is 7. The molecule has 2 heterocycles. The molecule has 0 unspecified atom stereocenters. The second kappa shape index (κ2) is 5.59.